The van der Waals surface area contributed by atoms with Crippen LogP contribution in [0.1, 0.15) is 17.4 Å². The van der Waals surface area contributed by atoms with E-state index >= 15 is 0 Å². The predicted octanol–water partition coefficient (Wildman–Crippen LogP) is 3.18. The van der Waals surface area contributed by atoms with E-state index in [1.54, 1.807) is 6.07 Å². The summed E-state index contributed by atoms with van der Waals surface area (Å²) < 4.78 is 26.3. The van der Waals surface area contributed by atoms with Crippen molar-refractivity contribution in [1.29, 1.82) is 0 Å². The van der Waals surface area contributed by atoms with Gasteiger partial charge in [0, 0.05) is 12.5 Å². The van der Waals surface area contributed by atoms with Gasteiger partial charge in [0.05, 0.1) is 22.9 Å². The van der Waals surface area contributed by atoms with Crippen molar-refractivity contribution in [1.82, 2.24) is 9.97 Å². The van der Waals surface area contributed by atoms with Crippen molar-refractivity contribution < 1.29 is 13.9 Å². The Morgan fingerprint density at radius 3 is 2.38 bits per heavy atom. The van der Waals surface area contributed by atoms with Crippen molar-refractivity contribution in [2.24, 2.45) is 0 Å². The lowest BCUT2D eigenvalue weighted by molar-refractivity contribution is 0.173. The fourth-order valence-electron chi connectivity index (χ4n) is 2.19. The van der Waals surface area contributed by atoms with Gasteiger partial charge in [-0.25, -0.2) is 13.8 Å². The number of nitrogens with zero attached hydrogens (tertiary/aromatic N) is 2. The zero-order valence-corrected chi connectivity index (χ0v) is 11.0. The first-order valence-electron chi connectivity index (χ1n) is 6.46. The summed E-state index contributed by atoms with van der Waals surface area (Å²) >= 11 is 0. The normalized spacial score (nSPS) is 12.5. The third kappa shape index (κ3) is 3.03. The zero-order chi connectivity index (χ0) is 14.8. The van der Waals surface area contributed by atoms with Crippen LogP contribution >= 0.6 is 0 Å². The second-order valence-corrected chi connectivity index (χ2v) is 4.78. The summed E-state index contributed by atoms with van der Waals surface area (Å²) in [6.45, 7) is 0. The fraction of sp³-hybridized carbons (Fsp3) is 0.125. The Morgan fingerprint density at radius 2 is 1.67 bits per heavy atom. The molecule has 1 unspecified atom stereocenters. The van der Waals surface area contributed by atoms with Crippen LogP contribution < -0.4 is 0 Å². The highest BCUT2D eigenvalue weighted by atomic mass is 19.1. The van der Waals surface area contributed by atoms with Gasteiger partial charge < -0.3 is 5.11 Å². The van der Waals surface area contributed by atoms with Gasteiger partial charge >= 0.3 is 0 Å². The summed E-state index contributed by atoms with van der Waals surface area (Å²) in [6, 6.07) is 10.5. The number of hydrogen-bond acceptors (Lipinski definition) is 3. The Labute approximate surface area is 119 Å². The molecule has 21 heavy (non-hydrogen) atoms. The van der Waals surface area contributed by atoms with Gasteiger partial charge in [-0.2, -0.15) is 0 Å². The van der Waals surface area contributed by atoms with Crippen molar-refractivity contribution in [3.8, 4) is 0 Å². The maximum absolute atomic E-state index is 13.1. The third-order valence-electron chi connectivity index (χ3n) is 3.16. The number of aliphatic hydroxyl groups excluding tert-OH is 1. The fourth-order valence-corrected chi connectivity index (χ4v) is 2.19. The molecule has 1 N–H and O–H groups in total. The lowest BCUT2D eigenvalue weighted by Crippen LogP contribution is -2.05. The molecule has 5 heteroatoms. The van der Waals surface area contributed by atoms with E-state index in [9.17, 15) is 13.9 Å². The average molecular weight is 286 g/mol. The molecule has 0 fully saturated rings. The van der Waals surface area contributed by atoms with E-state index in [0.29, 0.717) is 16.8 Å². The molecule has 1 atom stereocenters. The molecular formula is C16H12F2N2O. The molecule has 0 amide bonds. The molecule has 106 valence electrons. The van der Waals surface area contributed by atoms with E-state index < -0.39 is 17.7 Å². The van der Waals surface area contributed by atoms with Crippen molar-refractivity contribution in [3.05, 3.63) is 71.6 Å². The van der Waals surface area contributed by atoms with Crippen molar-refractivity contribution >= 4 is 11.0 Å². The smallest absolute Gasteiger partial charge is 0.126 e. The average Bonchev–Trinajstić information content (AvgIpc) is 2.45. The first-order valence-corrected chi connectivity index (χ1v) is 6.46. The predicted molar refractivity (Wildman–Crippen MR) is 74.6 cm³/mol. The number of fused-ring (bicyclic) bond motifs is 1. The van der Waals surface area contributed by atoms with Gasteiger partial charge in [0.15, 0.2) is 0 Å². The van der Waals surface area contributed by atoms with Crippen LogP contribution in [-0.4, -0.2) is 15.1 Å². The van der Waals surface area contributed by atoms with Gasteiger partial charge in [0.2, 0.25) is 0 Å². The molecule has 0 radical (unpaired) electrons. The molecule has 3 nitrogen and oxygen atoms in total. The number of aliphatic hydroxyl groups is 1. The van der Waals surface area contributed by atoms with Crippen LogP contribution in [0, 0.1) is 11.6 Å². The Hall–Kier alpha value is -2.40. The summed E-state index contributed by atoms with van der Waals surface area (Å²) in [5.74, 6) is -1.33. The summed E-state index contributed by atoms with van der Waals surface area (Å²) in [4.78, 5) is 8.52. The maximum atomic E-state index is 13.1. The zero-order valence-electron chi connectivity index (χ0n) is 11.0. The highest BCUT2D eigenvalue weighted by molar-refractivity contribution is 5.73. The molecule has 1 aromatic heterocycles. The van der Waals surface area contributed by atoms with Crippen LogP contribution in [0.2, 0.25) is 0 Å². The Morgan fingerprint density at radius 1 is 1.00 bits per heavy atom. The standard InChI is InChI=1S/C16H12F2N2O/c17-11-5-10(6-12(18)8-11)7-16(21)15-9-19-13-3-1-2-4-14(13)20-15/h1-6,8-9,16,21H,7H2. The van der Waals surface area contributed by atoms with Crippen LogP contribution in [0.3, 0.4) is 0 Å². The van der Waals surface area contributed by atoms with Crippen LogP contribution in [0.5, 0.6) is 0 Å². The SMILES string of the molecule is OC(Cc1cc(F)cc(F)c1)c1cnc2ccccc2n1. The molecule has 2 aromatic carbocycles. The molecule has 0 saturated carbocycles. The minimum atomic E-state index is -0.969. The van der Waals surface area contributed by atoms with Crippen LogP contribution in [0.15, 0.2) is 48.7 Å². The molecule has 0 aliphatic heterocycles. The molecule has 3 rings (SSSR count). The molecule has 0 spiro atoms. The molecule has 0 aliphatic rings. The van der Waals surface area contributed by atoms with E-state index in [1.807, 2.05) is 18.2 Å². The van der Waals surface area contributed by atoms with Crippen molar-refractivity contribution in [2.75, 3.05) is 0 Å². The largest absolute Gasteiger partial charge is 0.386 e. The van der Waals surface area contributed by atoms with E-state index in [4.69, 9.17) is 0 Å². The number of hydrogen-bond donors (Lipinski definition) is 1. The molecule has 0 bridgehead atoms. The Bertz CT molecular complexity index is 772. The number of halogens is 2. The first-order chi connectivity index (χ1) is 10.1. The summed E-state index contributed by atoms with van der Waals surface area (Å²) in [6.07, 6.45) is 0.577. The molecule has 1 heterocycles. The topological polar surface area (TPSA) is 46.0 Å². The van der Waals surface area contributed by atoms with Gasteiger partial charge in [-0.15, -0.1) is 0 Å². The molecule has 0 saturated heterocycles. The maximum Gasteiger partial charge on any atom is 0.126 e. The molecule has 3 aromatic rings. The lowest BCUT2D eigenvalue weighted by atomic mass is 10.1. The monoisotopic (exact) mass is 286 g/mol. The van der Waals surface area contributed by atoms with Gasteiger partial charge in [-0.1, -0.05) is 12.1 Å². The Balaban J connectivity index is 1.87. The quantitative estimate of drug-likeness (QED) is 0.804. The van der Waals surface area contributed by atoms with Crippen molar-refractivity contribution in [3.63, 3.8) is 0 Å². The van der Waals surface area contributed by atoms with Gasteiger partial charge in [0.25, 0.3) is 0 Å². The third-order valence-corrected chi connectivity index (χ3v) is 3.16. The minimum Gasteiger partial charge on any atom is -0.386 e. The van der Waals surface area contributed by atoms with Crippen molar-refractivity contribution in [2.45, 2.75) is 12.5 Å². The van der Waals surface area contributed by atoms with Gasteiger partial charge in [-0.3, -0.25) is 4.98 Å². The first kappa shape index (κ1) is 13.6. The highest BCUT2D eigenvalue weighted by Crippen LogP contribution is 2.19. The summed E-state index contributed by atoms with van der Waals surface area (Å²) in [7, 11) is 0. The van der Waals surface area contributed by atoms with E-state index in [1.165, 1.54) is 18.3 Å². The van der Waals surface area contributed by atoms with E-state index in [-0.39, 0.29) is 6.42 Å². The van der Waals surface area contributed by atoms with Gasteiger partial charge in [-0.05, 0) is 29.8 Å². The van der Waals surface area contributed by atoms with Crippen LogP contribution in [0.4, 0.5) is 8.78 Å². The molecule has 0 aliphatic carbocycles. The highest BCUT2D eigenvalue weighted by Gasteiger charge is 2.13. The Kier molecular flexibility index (Phi) is 3.58. The van der Waals surface area contributed by atoms with Crippen LogP contribution in [0.25, 0.3) is 11.0 Å². The van der Waals surface area contributed by atoms with Crippen LogP contribution in [-0.2, 0) is 6.42 Å². The summed E-state index contributed by atoms with van der Waals surface area (Å²) in [5, 5.41) is 10.2. The van der Waals surface area contributed by atoms with E-state index in [2.05, 4.69) is 9.97 Å². The van der Waals surface area contributed by atoms with Gasteiger partial charge in [0.1, 0.15) is 17.7 Å². The van der Waals surface area contributed by atoms with E-state index in [0.717, 1.165) is 11.6 Å². The second kappa shape index (κ2) is 5.54. The molecular weight excluding hydrogens is 274 g/mol. The minimum absolute atomic E-state index is 0.0711. The number of para-hydroxylation sites is 2. The summed E-state index contributed by atoms with van der Waals surface area (Å²) in [5.41, 5.74) is 2.14. The second-order valence-electron chi connectivity index (χ2n) is 4.78. The number of benzene rings is 2. The number of aromatic nitrogens is 2. The lowest BCUT2D eigenvalue weighted by Gasteiger charge is -2.11. The number of rotatable bonds is 3.